The molecule has 3 heteroatoms. The van der Waals surface area contributed by atoms with Crippen molar-refractivity contribution in [2.75, 3.05) is 11.6 Å². The van der Waals surface area contributed by atoms with E-state index in [-0.39, 0.29) is 0 Å². The largest absolute Gasteiger partial charge is 0.122 e. The Bertz CT molecular complexity index is 299. The summed E-state index contributed by atoms with van der Waals surface area (Å²) in [5.74, 6) is 1.42. The predicted molar refractivity (Wildman–Crippen MR) is 64.7 cm³/mol. The van der Waals surface area contributed by atoms with Gasteiger partial charge in [-0.25, -0.2) is 0 Å². The lowest BCUT2D eigenvalue weighted by atomic mass is 10.4. The van der Waals surface area contributed by atoms with Crippen molar-refractivity contribution in [1.29, 1.82) is 0 Å². The third kappa shape index (κ3) is 3.75. The first-order valence-corrected chi connectivity index (χ1v) is 6.15. The Labute approximate surface area is 96.5 Å². The van der Waals surface area contributed by atoms with E-state index >= 15 is 0 Å². The third-order valence-corrected chi connectivity index (χ3v) is 4.01. The Hall–Kier alpha value is 0.0800. The first-order valence-electron chi connectivity index (χ1n) is 3.84. The average Bonchev–Trinajstić information content (AvgIpc) is 2.16. The summed E-state index contributed by atoms with van der Waals surface area (Å²) < 4.78 is 1.13. The van der Waals surface area contributed by atoms with Gasteiger partial charge in [0.15, 0.2) is 0 Å². The van der Waals surface area contributed by atoms with Crippen molar-refractivity contribution in [2.24, 2.45) is 0 Å². The standard InChI is InChI=1S/C10H10BrClS/c1-8(6-12)7-13-10-5-3-2-4-9(10)11/h2-5H,1,6-7H2. The predicted octanol–water partition coefficient (Wildman–Crippen LogP) is 4.34. The first kappa shape index (κ1) is 11.2. The maximum Gasteiger partial charge on any atom is 0.0439 e. The van der Waals surface area contributed by atoms with E-state index in [1.807, 2.05) is 18.2 Å². The number of hydrogen-bond donors (Lipinski definition) is 0. The summed E-state index contributed by atoms with van der Waals surface area (Å²) in [6, 6.07) is 8.14. The highest BCUT2D eigenvalue weighted by Crippen LogP contribution is 2.28. The van der Waals surface area contributed by atoms with E-state index in [1.54, 1.807) is 11.8 Å². The lowest BCUT2D eigenvalue weighted by Gasteiger charge is -2.03. The van der Waals surface area contributed by atoms with Crippen molar-refractivity contribution in [1.82, 2.24) is 0 Å². The molecule has 0 radical (unpaired) electrons. The monoisotopic (exact) mass is 276 g/mol. The van der Waals surface area contributed by atoms with E-state index < -0.39 is 0 Å². The highest BCUT2D eigenvalue weighted by molar-refractivity contribution is 9.10. The molecule has 0 amide bonds. The molecule has 0 saturated heterocycles. The number of thioether (sulfide) groups is 1. The van der Waals surface area contributed by atoms with Crippen LogP contribution in [0.15, 0.2) is 45.8 Å². The molecule has 1 aromatic rings. The fourth-order valence-corrected chi connectivity index (χ4v) is 2.46. The van der Waals surface area contributed by atoms with Crippen molar-refractivity contribution < 1.29 is 0 Å². The maximum absolute atomic E-state index is 5.63. The lowest BCUT2D eigenvalue weighted by Crippen LogP contribution is -1.86. The molecule has 0 aliphatic rings. The quantitative estimate of drug-likeness (QED) is 0.448. The van der Waals surface area contributed by atoms with Gasteiger partial charge in [0.1, 0.15) is 0 Å². The van der Waals surface area contributed by atoms with Crippen LogP contribution in [0.5, 0.6) is 0 Å². The zero-order valence-electron chi connectivity index (χ0n) is 7.09. The molecule has 0 bridgehead atoms. The van der Waals surface area contributed by atoms with Crippen molar-refractivity contribution in [3.05, 3.63) is 40.9 Å². The van der Waals surface area contributed by atoms with Crippen LogP contribution in [0, 0.1) is 0 Å². The second-order valence-corrected chi connectivity index (χ2v) is 4.74. The van der Waals surface area contributed by atoms with Gasteiger partial charge < -0.3 is 0 Å². The van der Waals surface area contributed by atoms with Gasteiger partial charge in [-0.3, -0.25) is 0 Å². The summed E-state index contributed by atoms with van der Waals surface area (Å²) in [7, 11) is 0. The van der Waals surface area contributed by atoms with Gasteiger partial charge in [-0.1, -0.05) is 24.3 Å². The summed E-state index contributed by atoms with van der Waals surface area (Å²) in [6.45, 7) is 3.85. The molecule has 0 unspecified atom stereocenters. The number of rotatable bonds is 4. The van der Waals surface area contributed by atoms with Gasteiger partial charge in [0, 0.05) is 21.0 Å². The van der Waals surface area contributed by atoms with Crippen LogP contribution in [0.4, 0.5) is 0 Å². The normalized spacial score (nSPS) is 10.0. The molecule has 0 fully saturated rings. The van der Waals surface area contributed by atoms with E-state index in [2.05, 4.69) is 28.6 Å². The summed E-state index contributed by atoms with van der Waals surface area (Å²) >= 11 is 10.9. The van der Waals surface area contributed by atoms with E-state index in [0.717, 1.165) is 15.8 Å². The topological polar surface area (TPSA) is 0 Å². The van der Waals surface area contributed by atoms with Crippen LogP contribution >= 0.6 is 39.3 Å². The van der Waals surface area contributed by atoms with Gasteiger partial charge in [0.25, 0.3) is 0 Å². The van der Waals surface area contributed by atoms with Gasteiger partial charge in [0.05, 0.1) is 0 Å². The van der Waals surface area contributed by atoms with Crippen LogP contribution < -0.4 is 0 Å². The molecule has 0 N–H and O–H groups in total. The Balaban J connectivity index is 2.54. The van der Waals surface area contributed by atoms with E-state index in [4.69, 9.17) is 11.6 Å². The van der Waals surface area contributed by atoms with Crippen molar-refractivity contribution in [2.45, 2.75) is 4.90 Å². The van der Waals surface area contributed by atoms with Crippen LogP contribution in [0.2, 0.25) is 0 Å². The van der Waals surface area contributed by atoms with Gasteiger partial charge in [-0.2, -0.15) is 0 Å². The van der Waals surface area contributed by atoms with E-state index in [1.165, 1.54) is 4.90 Å². The number of benzene rings is 1. The number of hydrogen-bond acceptors (Lipinski definition) is 1. The van der Waals surface area contributed by atoms with Crippen LogP contribution in [-0.4, -0.2) is 11.6 Å². The van der Waals surface area contributed by atoms with E-state index in [9.17, 15) is 0 Å². The SMILES string of the molecule is C=C(CCl)CSc1ccccc1Br. The number of alkyl halides is 1. The fourth-order valence-electron chi connectivity index (χ4n) is 0.780. The van der Waals surface area contributed by atoms with Gasteiger partial charge in [0.2, 0.25) is 0 Å². The highest BCUT2D eigenvalue weighted by Gasteiger charge is 1.99. The first-order chi connectivity index (χ1) is 6.24. The van der Waals surface area contributed by atoms with Crippen molar-refractivity contribution >= 4 is 39.3 Å². The molecule has 0 spiro atoms. The molecular formula is C10H10BrClS. The fraction of sp³-hybridized carbons (Fsp3) is 0.200. The van der Waals surface area contributed by atoms with Crippen LogP contribution in [0.25, 0.3) is 0 Å². The molecule has 13 heavy (non-hydrogen) atoms. The molecule has 1 rings (SSSR count). The molecular weight excluding hydrogens is 268 g/mol. The summed E-state index contributed by atoms with van der Waals surface area (Å²) in [4.78, 5) is 1.23. The van der Waals surface area contributed by atoms with E-state index in [0.29, 0.717) is 5.88 Å². The number of halogens is 2. The summed E-state index contributed by atoms with van der Waals surface area (Å²) in [6.07, 6.45) is 0. The van der Waals surface area contributed by atoms with Gasteiger partial charge in [-0.15, -0.1) is 23.4 Å². The Morgan fingerprint density at radius 1 is 1.46 bits per heavy atom. The zero-order chi connectivity index (χ0) is 9.68. The average molecular weight is 278 g/mol. The molecule has 0 aliphatic carbocycles. The minimum atomic E-state index is 0.539. The Morgan fingerprint density at radius 2 is 2.15 bits per heavy atom. The zero-order valence-corrected chi connectivity index (χ0v) is 10.3. The molecule has 0 aromatic heterocycles. The smallest absolute Gasteiger partial charge is 0.0439 e. The highest BCUT2D eigenvalue weighted by atomic mass is 79.9. The van der Waals surface area contributed by atoms with Crippen molar-refractivity contribution in [3.63, 3.8) is 0 Å². The van der Waals surface area contributed by atoms with Crippen LogP contribution in [0.3, 0.4) is 0 Å². The molecule has 0 saturated carbocycles. The van der Waals surface area contributed by atoms with Crippen LogP contribution in [0.1, 0.15) is 0 Å². The molecule has 0 atom stereocenters. The molecule has 0 nitrogen and oxygen atoms in total. The molecule has 70 valence electrons. The molecule has 0 aliphatic heterocycles. The van der Waals surface area contributed by atoms with Crippen molar-refractivity contribution in [3.8, 4) is 0 Å². The Morgan fingerprint density at radius 3 is 2.77 bits per heavy atom. The minimum absolute atomic E-state index is 0.539. The second kappa shape index (κ2) is 5.74. The van der Waals surface area contributed by atoms with Crippen LogP contribution in [-0.2, 0) is 0 Å². The minimum Gasteiger partial charge on any atom is -0.122 e. The van der Waals surface area contributed by atoms with Gasteiger partial charge in [-0.05, 0) is 28.1 Å². The lowest BCUT2D eigenvalue weighted by molar-refractivity contribution is 1.38. The third-order valence-electron chi connectivity index (χ3n) is 1.46. The summed E-state index contributed by atoms with van der Waals surface area (Å²) in [5, 5.41) is 0. The Kier molecular flexibility index (Phi) is 4.92. The maximum atomic E-state index is 5.63. The summed E-state index contributed by atoms with van der Waals surface area (Å²) in [5.41, 5.74) is 1.06. The van der Waals surface area contributed by atoms with Gasteiger partial charge >= 0.3 is 0 Å². The molecule has 1 aromatic carbocycles. The molecule has 0 heterocycles. The second-order valence-electron chi connectivity index (χ2n) is 2.60.